The number of hydrogen-bond donors (Lipinski definition) is 1. The summed E-state index contributed by atoms with van der Waals surface area (Å²) in [5.74, 6) is 0.0322. The van der Waals surface area contributed by atoms with Gasteiger partial charge in [0.05, 0.1) is 0 Å². The lowest BCUT2D eigenvalue weighted by molar-refractivity contribution is 0.0946. The fraction of sp³-hybridized carbons (Fsp3) is 0.526. The minimum Gasteiger partial charge on any atom is -0.351 e. The van der Waals surface area contributed by atoms with Gasteiger partial charge in [0.15, 0.2) is 0 Å². The molecule has 1 N–H and O–H groups in total. The second-order valence-corrected chi connectivity index (χ2v) is 6.66. The molecular formula is C19H27N3O. The molecule has 0 spiro atoms. The Morgan fingerprint density at radius 2 is 1.91 bits per heavy atom. The molecule has 1 fully saturated rings. The van der Waals surface area contributed by atoms with Crippen molar-refractivity contribution in [3.05, 3.63) is 35.0 Å². The number of carbonyl (C=O) groups is 1. The number of hydrogen-bond acceptors (Lipinski definition) is 2. The molecule has 2 aromatic rings. The molecule has 1 aliphatic heterocycles. The molecule has 124 valence electrons. The van der Waals surface area contributed by atoms with Gasteiger partial charge in [-0.25, -0.2) is 0 Å². The first-order valence-corrected chi connectivity index (χ1v) is 8.64. The summed E-state index contributed by atoms with van der Waals surface area (Å²) in [5, 5.41) is 4.24. The van der Waals surface area contributed by atoms with Crippen LogP contribution >= 0.6 is 0 Å². The first kappa shape index (κ1) is 16.1. The van der Waals surface area contributed by atoms with E-state index in [9.17, 15) is 4.79 Å². The molecular weight excluding hydrogens is 286 g/mol. The SMILES string of the molecule is Cc1c(C)n(C)c2ccc(C(=O)NCCN3CCCCC3)cc12. The number of benzene rings is 1. The molecule has 0 radical (unpaired) electrons. The van der Waals surface area contributed by atoms with Gasteiger partial charge < -0.3 is 14.8 Å². The standard InChI is InChI=1S/C19H27N3O/c1-14-15(2)21(3)18-8-7-16(13-17(14)18)19(23)20-9-12-22-10-5-4-6-11-22/h7-8,13H,4-6,9-12H2,1-3H3,(H,20,23). The molecule has 0 unspecified atom stereocenters. The van der Waals surface area contributed by atoms with E-state index >= 15 is 0 Å². The topological polar surface area (TPSA) is 37.3 Å². The zero-order valence-electron chi connectivity index (χ0n) is 14.5. The summed E-state index contributed by atoms with van der Waals surface area (Å²) in [4.78, 5) is 14.8. The number of nitrogens with one attached hydrogen (secondary N) is 1. The molecule has 4 nitrogen and oxygen atoms in total. The molecule has 1 aromatic carbocycles. The van der Waals surface area contributed by atoms with E-state index in [2.05, 4.69) is 41.7 Å². The van der Waals surface area contributed by atoms with E-state index in [1.807, 2.05) is 12.1 Å². The van der Waals surface area contributed by atoms with Crippen molar-refractivity contribution in [2.45, 2.75) is 33.1 Å². The monoisotopic (exact) mass is 313 g/mol. The fourth-order valence-electron chi connectivity index (χ4n) is 3.51. The average molecular weight is 313 g/mol. The van der Waals surface area contributed by atoms with Crippen LogP contribution in [0.1, 0.15) is 40.9 Å². The maximum absolute atomic E-state index is 12.4. The summed E-state index contributed by atoms with van der Waals surface area (Å²) in [5.41, 5.74) is 4.45. The second-order valence-electron chi connectivity index (χ2n) is 6.66. The minimum absolute atomic E-state index is 0.0322. The van der Waals surface area contributed by atoms with Crippen LogP contribution in [-0.4, -0.2) is 41.6 Å². The van der Waals surface area contributed by atoms with E-state index in [1.165, 1.54) is 54.5 Å². The molecule has 1 aromatic heterocycles. The lowest BCUT2D eigenvalue weighted by Crippen LogP contribution is -2.37. The Balaban J connectivity index is 1.65. The van der Waals surface area contributed by atoms with Gasteiger partial charge in [0.25, 0.3) is 5.91 Å². The molecule has 2 heterocycles. The Kier molecular flexibility index (Phi) is 4.71. The number of nitrogens with zero attached hydrogens (tertiary/aromatic N) is 2. The number of aromatic nitrogens is 1. The van der Waals surface area contributed by atoms with Crippen LogP contribution in [0.4, 0.5) is 0 Å². The zero-order chi connectivity index (χ0) is 16.4. The normalized spacial score (nSPS) is 16.0. The Bertz CT molecular complexity index is 711. The van der Waals surface area contributed by atoms with Gasteiger partial charge in [-0.05, 0) is 63.5 Å². The van der Waals surface area contributed by atoms with E-state index in [0.717, 1.165) is 18.7 Å². The van der Waals surface area contributed by atoms with Gasteiger partial charge >= 0.3 is 0 Å². The summed E-state index contributed by atoms with van der Waals surface area (Å²) in [6, 6.07) is 6.00. The van der Waals surface area contributed by atoms with Gasteiger partial charge in [-0.15, -0.1) is 0 Å². The van der Waals surface area contributed by atoms with Crippen molar-refractivity contribution >= 4 is 16.8 Å². The number of likely N-dealkylation sites (tertiary alicyclic amines) is 1. The van der Waals surface area contributed by atoms with E-state index in [-0.39, 0.29) is 5.91 Å². The molecule has 4 heteroatoms. The van der Waals surface area contributed by atoms with Crippen LogP contribution in [0.15, 0.2) is 18.2 Å². The Morgan fingerprint density at radius 3 is 2.65 bits per heavy atom. The van der Waals surface area contributed by atoms with Gasteiger partial charge in [0.1, 0.15) is 0 Å². The number of piperidine rings is 1. The number of carbonyl (C=O) groups excluding carboxylic acids is 1. The van der Waals surface area contributed by atoms with Gasteiger partial charge in [-0.3, -0.25) is 4.79 Å². The highest BCUT2D eigenvalue weighted by molar-refractivity contribution is 5.99. The number of amides is 1. The quantitative estimate of drug-likeness (QED) is 0.942. The predicted molar refractivity (Wildman–Crippen MR) is 95.0 cm³/mol. The highest BCUT2D eigenvalue weighted by Crippen LogP contribution is 2.25. The van der Waals surface area contributed by atoms with Crippen molar-refractivity contribution in [2.75, 3.05) is 26.2 Å². The van der Waals surface area contributed by atoms with Crippen LogP contribution in [0.25, 0.3) is 10.9 Å². The lowest BCUT2D eigenvalue weighted by Gasteiger charge is -2.26. The van der Waals surface area contributed by atoms with E-state index in [1.54, 1.807) is 0 Å². The summed E-state index contributed by atoms with van der Waals surface area (Å²) in [6.45, 7) is 8.26. The zero-order valence-corrected chi connectivity index (χ0v) is 14.5. The average Bonchev–Trinajstić information content (AvgIpc) is 2.80. The molecule has 0 saturated carbocycles. The summed E-state index contributed by atoms with van der Waals surface area (Å²) in [6.07, 6.45) is 3.92. The largest absolute Gasteiger partial charge is 0.351 e. The second kappa shape index (κ2) is 6.75. The predicted octanol–water partition coefficient (Wildman–Crippen LogP) is 3.01. The maximum atomic E-state index is 12.4. The molecule has 1 amide bonds. The van der Waals surface area contributed by atoms with E-state index in [4.69, 9.17) is 0 Å². The maximum Gasteiger partial charge on any atom is 0.251 e. The van der Waals surface area contributed by atoms with Crippen molar-refractivity contribution in [1.82, 2.24) is 14.8 Å². The van der Waals surface area contributed by atoms with Crippen molar-refractivity contribution in [3.8, 4) is 0 Å². The van der Waals surface area contributed by atoms with Crippen molar-refractivity contribution in [1.29, 1.82) is 0 Å². The fourth-order valence-corrected chi connectivity index (χ4v) is 3.51. The third-order valence-electron chi connectivity index (χ3n) is 5.23. The minimum atomic E-state index is 0.0322. The first-order chi connectivity index (χ1) is 11.1. The highest BCUT2D eigenvalue weighted by atomic mass is 16.1. The van der Waals surface area contributed by atoms with Crippen molar-refractivity contribution in [2.24, 2.45) is 7.05 Å². The third kappa shape index (κ3) is 3.27. The van der Waals surface area contributed by atoms with Crippen LogP contribution in [-0.2, 0) is 7.05 Å². The third-order valence-corrected chi connectivity index (χ3v) is 5.23. The van der Waals surface area contributed by atoms with Crippen LogP contribution in [0, 0.1) is 13.8 Å². The molecule has 3 rings (SSSR count). The van der Waals surface area contributed by atoms with Crippen LogP contribution in [0.5, 0.6) is 0 Å². The van der Waals surface area contributed by atoms with Gasteiger partial charge in [-0.1, -0.05) is 6.42 Å². The number of aryl methyl sites for hydroxylation is 2. The van der Waals surface area contributed by atoms with Crippen molar-refractivity contribution < 1.29 is 4.79 Å². The van der Waals surface area contributed by atoms with Gasteiger partial charge in [0, 0.05) is 42.3 Å². The van der Waals surface area contributed by atoms with Gasteiger partial charge in [-0.2, -0.15) is 0 Å². The lowest BCUT2D eigenvalue weighted by atomic mass is 10.1. The smallest absolute Gasteiger partial charge is 0.251 e. The molecule has 0 bridgehead atoms. The summed E-state index contributed by atoms with van der Waals surface area (Å²) < 4.78 is 2.18. The van der Waals surface area contributed by atoms with Crippen LogP contribution < -0.4 is 5.32 Å². The Hall–Kier alpha value is -1.81. The van der Waals surface area contributed by atoms with E-state index < -0.39 is 0 Å². The molecule has 1 saturated heterocycles. The van der Waals surface area contributed by atoms with Crippen LogP contribution in [0.3, 0.4) is 0 Å². The molecule has 0 aliphatic carbocycles. The Labute approximate surface area is 138 Å². The van der Waals surface area contributed by atoms with Gasteiger partial charge in [0.2, 0.25) is 0 Å². The highest BCUT2D eigenvalue weighted by Gasteiger charge is 2.13. The molecule has 0 atom stereocenters. The van der Waals surface area contributed by atoms with E-state index in [0.29, 0.717) is 0 Å². The number of fused-ring (bicyclic) bond motifs is 1. The van der Waals surface area contributed by atoms with Crippen molar-refractivity contribution in [3.63, 3.8) is 0 Å². The summed E-state index contributed by atoms with van der Waals surface area (Å²) >= 11 is 0. The molecule has 23 heavy (non-hydrogen) atoms. The van der Waals surface area contributed by atoms with Crippen LogP contribution in [0.2, 0.25) is 0 Å². The number of rotatable bonds is 4. The summed E-state index contributed by atoms with van der Waals surface area (Å²) in [7, 11) is 2.07. The molecule has 1 aliphatic rings. The first-order valence-electron chi connectivity index (χ1n) is 8.64. The Morgan fingerprint density at radius 1 is 1.17 bits per heavy atom.